The van der Waals surface area contributed by atoms with Crippen molar-refractivity contribution in [1.82, 2.24) is 15.1 Å². The highest BCUT2D eigenvalue weighted by Crippen LogP contribution is 2.37. The molecule has 1 aliphatic rings. The molecule has 2 heterocycles. The predicted molar refractivity (Wildman–Crippen MR) is 129 cm³/mol. The number of halogens is 4. The van der Waals surface area contributed by atoms with Crippen molar-refractivity contribution in [2.75, 3.05) is 18.4 Å². The van der Waals surface area contributed by atoms with Gasteiger partial charge in [0.25, 0.3) is 5.92 Å². The lowest BCUT2D eigenvalue weighted by Crippen LogP contribution is -2.37. The monoisotopic (exact) mass is 522 g/mol. The van der Waals surface area contributed by atoms with Crippen molar-refractivity contribution in [2.45, 2.75) is 32.3 Å². The summed E-state index contributed by atoms with van der Waals surface area (Å²) in [6, 6.07) is 8.98. The van der Waals surface area contributed by atoms with E-state index < -0.39 is 5.92 Å². The number of carbonyl (C=O) groups is 1. The molecule has 184 valence electrons. The van der Waals surface area contributed by atoms with E-state index in [2.05, 4.69) is 15.5 Å². The molecule has 35 heavy (non-hydrogen) atoms. The first kappa shape index (κ1) is 25.1. The molecule has 2 amide bonds. The summed E-state index contributed by atoms with van der Waals surface area (Å²) in [5.74, 6) is -2.65. The number of aliphatic hydroxyl groups is 1. The lowest BCUT2D eigenvalue weighted by Gasteiger charge is -2.27. The first-order valence-corrected chi connectivity index (χ1v) is 11.6. The molecule has 11 heteroatoms. The van der Waals surface area contributed by atoms with E-state index in [1.807, 2.05) is 12.1 Å². The molecule has 1 aliphatic heterocycles. The molecule has 2 N–H and O–H groups in total. The minimum absolute atomic E-state index is 0.0957. The van der Waals surface area contributed by atoms with Crippen LogP contribution < -0.4 is 5.32 Å². The van der Waals surface area contributed by atoms with Crippen molar-refractivity contribution >= 4 is 40.5 Å². The van der Waals surface area contributed by atoms with Crippen molar-refractivity contribution in [1.29, 1.82) is 0 Å². The van der Waals surface area contributed by atoms with Crippen molar-refractivity contribution in [3.8, 4) is 11.5 Å². The van der Waals surface area contributed by atoms with Crippen LogP contribution in [0.1, 0.15) is 36.8 Å². The lowest BCUT2D eigenvalue weighted by atomic mass is 9.98. The first-order valence-electron chi connectivity index (χ1n) is 10.9. The van der Waals surface area contributed by atoms with Gasteiger partial charge in [-0.15, -0.1) is 10.2 Å². The number of urea groups is 1. The van der Waals surface area contributed by atoms with Gasteiger partial charge in [0.2, 0.25) is 11.8 Å². The van der Waals surface area contributed by atoms with E-state index in [1.165, 1.54) is 25.1 Å². The predicted octanol–water partition coefficient (Wildman–Crippen LogP) is 6.36. The van der Waals surface area contributed by atoms with E-state index in [4.69, 9.17) is 32.7 Å². The van der Waals surface area contributed by atoms with Gasteiger partial charge < -0.3 is 19.7 Å². The van der Waals surface area contributed by atoms with Gasteiger partial charge in [0.1, 0.15) is 6.61 Å². The highest BCUT2D eigenvalue weighted by atomic mass is 35.5. The van der Waals surface area contributed by atoms with Crippen LogP contribution in [0.5, 0.6) is 0 Å². The van der Waals surface area contributed by atoms with Gasteiger partial charge in [-0.05, 0) is 47.9 Å². The number of alkyl halides is 2. The Balaban J connectivity index is 1.41. The Hall–Kier alpha value is -3.01. The molecule has 1 aromatic heterocycles. The zero-order valence-corrected chi connectivity index (χ0v) is 20.2. The third kappa shape index (κ3) is 5.47. The Morgan fingerprint density at radius 3 is 2.60 bits per heavy atom. The van der Waals surface area contributed by atoms with E-state index in [-0.39, 0.29) is 41.4 Å². The molecule has 0 bridgehead atoms. The van der Waals surface area contributed by atoms with Gasteiger partial charge in [-0.2, -0.15) is 0 Å². The standard InChI is InChI=1S/C24H22Cl2F2N4O3/c1-2-24(27,28)18-6-4-16(12-20(18)26)29-23(34)32-9-7-14(8-10-32)17-5-3-15(11-19(17)25)22-31-30-21(13-33)35-22/h3-7,11-12,33H,2,8-10,13H2,1H3,(H,29,34). The van der Waals surface area contributed by atoms with Crippen molar-refractivity contribution in [3.63, 3.8) is 0 Å². The number of hydrogen-bond acceptors (Lipinski definition) is 5. The molecule has 0 fully saturated rings. The fourth-order valence-corrected chi connectivity index (χ4v) is 4.34. The number of aliphatic hydroxyl groups excluding tert-OH is 1. The van der Waals surface area contributed by atoms with Crippen LogP contribution in [0, 0.1) is 0 Å². The second-order valence-electron chi connectivity index (χ2n) is 7.96. The fourth-order valence-electron chi connectivity index (χ4n) is 3.72. The summed E-state index contributed by atoms with van der Waals surface area (Å²) >= 11 is 12.5. The van der Waals surface area contributed by atoms with E-state index in [9.17, 15) is 13.6 Å². The summed E-state index contributed by atoms with van der Waals surface area (Å²) in [6.45, 7) is 1.83. The minimum Gasteiger partial charge on any atom is -0.418 e. The maximum atomic E-state index is 13.9. The van der Waals surface area contributed by atoms with E-state index >= 15 is 0 Å². The Morgan fingerprint density at radius 1 is 1.20 bits per heavy atom. The molecule has 0 unspecified atom stereocenters. The second kappa shape index (κ2) is 10.3. The second-order valence-corrected chi connectivity index (χ2v) is 8.78. The van der Waals surface area contributed by atoms with Gasteiger partial charge in [0, 0.05) is 41.3 Å². The average molecular weight is 523 g/mol. The van der Waals surface area contributed by atoms with E-state index in [0.717, 1.165) is 11.1 Å². The first-order chi connectivity index (χ1) is 16.7. The number of nitrogens with one attached hydrogen (secondary N) is 1. The van der Waals surface area contributed by atoms with Gasteiger partial charge >= 0.3 is 6.03 Å². The number of carbonyl (C=O) groups excluding carboxylic acids is 1. The van der Waals surface area contributed by atoms with E-state index in [1.54, 1.807) is 17.0 Å². The third-order valence-electron chi connectivity index (χ3n) is 5.72. The van der Waals surface area contributed by atoms with Crippen LogP contribution >= 0.6 is 23.2 Å². The van der Waals surface area contributed by atoms with Crippen LogP contribution in [0.2, 0.25) is 10.0 Å². The summed E-state index contributed by atoms with van der Waals surface area (Å²) in [5.41, 5.74) is 2.53. The molecule has 0 spiro atoms. The Kier molecular flexibility index (Phi) is 7.39. The van der Waals surface area contributed by atoms with Gasteiger partial charge in [-0.1, -0.05) is 42.3 Å². The maximum Gasteiger partial charge on any atom is 0.322 e. The molecule has 0 radical (unpaired) electrons. The molecular weight excluding hydrogens is 501 g/mol. The van der Waals surface area contributed by atoms with Gasteiger partial charge in [-0.3, -0.25) is 0 Å². The van der Waals surface area contributed by atoms with Gasteiger partial charge in [0.15, 0.2) is 0 Å². The van der Waals surface area contributed by atoms with Crippen LogP contribution in [0.15, 0.2) is 46.9 Å². The maximum absolute atomic E-state index is 13.9. The number of aromatic nitrogens is 2. The Morgan fingerprint density at radius 2 is 2.00 bits per heavy atom. The number of benzene rings is 2. The molecule has 2 aromatic carbocycles. The summed E-state index contributed by atoms with van der Waals surface area (Å²) in [7, 11) is 0. The SMILES string of the molecule is CCC(F)(F)c1ccc(NC(=O)N2CC=C(c3ccc(-c4nnc(CO)o4)cc3Cl)CC2)cc1Cl. The molecule has 0 saturated carbocycles. The normalized spacial score (nSPS) is 14.1. The number of amides is 2. The molecular formula is C24H22Cl2F2N4O3. The highest BCUT2D eigenvalue weighted by molar-refractivity contribution is 6.32. The zero-order valence-electron chi connectivity index (χ0n) is 18.7. The Labute approximate surface area is 210 Å². The minimum atomic E-state index is -3.03. The molecule has 0 atom stereocenters. The number of rotatable bonds is 6. The van der Waals surface area contributed by atoms with Gasteiger partial charge in [0.05, 0.1) is 5.02 Å². The molecule has 0 aliphatic carbocycles. The van der Waals surface area contributed by atoms with Crippen molar-refractivity contribution < 1.29 is 23.1 Å². The molecule has 4 rings (SSSR count). The van der Waals surface area contributed by atoms with Crippen LogP contribution in [-0.4, -0.2) is 39.3 Å². The molecule has 7 nitrogen and oxygen atoms in total. The fraction of sp³-hybridized carbons (Fsp3) is 0.292. The quantitative estimate of drug-likeness (QED) is 0.393. The molecule has 3 aromatic rings. The number of hydrogen-bond donors (Lipinski definition) is 2. The van der Waals surface area contributed by atoms with Crippen molar-refractivity contribution in [3.05, 3.63) is 69.5 Å². The smallest absolute Gasteiger partial charge is 0.322 e. The van der Waals surface area contributed by atoms with Gasteiger partial charge in [-0.25, -0.2) is 13.6 Å². The van der Waals surface area contributed by atoms with E-state index in [0.29, 0.717) is 35.8 Å². The Bertz CT molecular complexity index is 1280. The highest BCUT2D eigenvalue weighted by Gasteiger charge is 2.31. The van der Waals surface area contributed by atoms with Crippen LogP contribution in [0.4, 0.5) is 19.3 Å². The summed E-state index contributed by atoms with van der Waals surface area (Å²) in [5, 5.41) is 19.8. The summed E-state index contributed by atoms with van der Waals surface area (Å²) in [4.78, 5) is 14.3. The van der Waals surface area contributed by atoms with Crippen molar-refractivity contribution in [2.24, 2.45) is 0 Å². The van der Waals surface area contributed by atoms with Crippen LogP contribution in [0.25, 0.3) is 17.0 Å². The zero-order chi connectivity index (χ0) is 25.2. The van der Waals surface area contributed by atoms with Crippen LogP contribution in [0.3, 0.4) is 0 Å². The van der Waals surface area contributed by atoms with Crippen LogP contribution in [-0.2, 0) is 12.5 Å². The topological polar surface area (TPSA) is 91.5 Å². The largest absolute Gasteiger partial charge is 0.418 e. The average Bonchev–Trinajstić information content (AvgIpc) is 3.33. The summed E-state index contributed by atoms with van der Waals surface area (Å²) in [6.07, 6.45) is 2.12. The number of nitrogens with zero attached hydrogens (tertiary/aromatic N) is 3. The molecule has 0 saturated heterocycles. The number of anilines is 1. The summed E-state index contributed by atoms with van der Waals surface area (Å²) < 4.78 is 33.2. The third-order valence-corrected chi connectivity index (χ3v) is 6.34. The lowest BCUT2D eigenvalue weighted by molar-refractivity contribution is -0.00815.